The highest BCUT2D eigenvalue weighted by Gasteiger charge is 2.57. The van der Waals surface area contributed by atoms with Gasteiger partial charge in [-0.25, -0.2) is 0 Å². The van der Waals surface area contributed by atoms with Crippen molar-refractivity contribution >= 4 is 9.28 Å². The Hall–Kier alpha value is 0.137. The minimum atomic E-state index is -1.04. The summed E-state index contributed by atoms with van der Waals surface area (Å²) >= 11 is 0. The van der Waals surface area contributed by atoms with Crippen molar-refractivity contribution in [2.75, 3.05) is 13.2 Å². The minimum absolute atomic E-state index is 0.478. The van der Waals surface area contributed by atoms with Crippen molar-refractivity contribution in [1.82, 2.24) is 0 Å². The first-order valence-electron chi connectivity index (χ1n) is 7.38. The molecular weight excluding hydrogens is 228 g/mol. The van der Waals surface area contributed by atoms with Crippen molar-refractivity contribution in [2.24, 2.45) is 17.8 Å². The molecule has 2 nitrogen and oxygen atoms in total. The van der Waals surface area contributed by atoms with Crippen LogP contribution in [-0.4, -0.2) is 22.5 Å². The molecular formula is C14H25O2Si. The van der Waals surface area contributed by atoms with Crippen molar-refractivity contribution in [1.29, 1.82) is 0 Å². The summed E-state index contributed by atoms with van der Waals surface area (Å²) in [5.41, 5.74) is 0. The topological polar surface area (TPSA) is 18.5 Å². The van der Waals surface area contributed by atoms with Gasteiger partial charge in [-0.1, -0.05) is 0 Å². The monoisotopic (exact) mass is 253 g/mol. The molecule has 4 saturated carbocycles. The maximum atomic E-state index is 6.05. The average molecular weight is 253 g/mol. The molecule has 0 amide bonds. The fraction of sp³-hybridized carbons (Fsp3) is 1.00. The normalized spacial score (nSPS) is 43.6. The van der Waals surface area contributed by atoms with Crippen LogP contribution in [0.2, 0.25) is 5.04 Å². The van der Waals surface area contributed by atoms with E-state index in [2.05, 4.69) is 13.8 Å². The highest BCUT2D eigenvalue weighted by atomic mass is 28.3. The van der Waals surface area contributed by atoms with Gasteiger partial charge in [-0.3, -0.25) is 0 Å². The van der Waals surface area contributed by atoms with Crippen LogP contribution < -0.4 is 0 Å². The summed E-state index contributed by atoms with van der Waals surface area (Å²) in [7, 11) is -1.04. The molecule has 0 aliphatic heterocycles. The summed E-state index contributed by atoms with van der Waals surface area (Å²) in [4.78, 5) is 0. The molecule has 0 N–H and O–H groups in total. The van der Waals surface area contributed by atoms with Crippen LogP contribution in [0.5, 0.6) is 0 Å². The third kappa shape index (κ3) is 2.11. The van der Waals surface area contributed by atoms with E-state index in [-0.39, 0.29) is 0 Å². The highest BCUT2D eigenvalue weighted by molar-refractivity contribution is 6.48. The molecule has 4 bridgehead atoms. The quantitative estimate of drug-likeness (QED) is 0.698. The second-order valence-corrected chi connectivity index (χ2v) is 8.56. The summed E-state index contributed by atoms with van der Waals surface area (Å²) in [6, 6.07) is 0. The Balaban J connectivity index is 1.79. The van der Waals surface area contributed by atoms with Gasteiger partial charge in [0, 0.05) is 18.3 Å². The van der Waals surface area contributed by atoms with Crippen LogP contribution in [0.4, 0.5) is 0 Å². The van der Waals surface area contributed by atoms with Crippen LogP contribution in [0.25, 0.3) is 0 Å². The third-order valence-corrected chi connectivity index (χ3v) is 7.60. The largest absolute Gasteiger partial charge is 0.393 e. The first kappa shape index (κ1) is 12.2. The van der Waals surface area contributed by atoms with Gasteiger partial charge in [-0.05, 0) is 70.1 Å². The number of hydrogen-bond acceptors (Lipinski definition) is 2. The maximum absolute atomic E-state index is 6.05. The summed E-state index contributed by atoms with van der Waals surface area (Å²) < 4.78 is 12.1. The minimum Gasteiger partial charge on any atom is -0.393 e. The predicted molar refractivity (Wildman–Crippen MR) is 69.9 cm³/mol. The van der Waals surface area contributed by atoms with Crippen LogP contribution in [0.3, 0.4) is 0 Å². The molecule has 97 valence electrons. The second kappa shape index (κ2) is 4.67. The van der Waals surface area contributed by atoms with E-state index in [4.69, 9.17) is 8.85 Å². The first-order chi connectivity index (χ1) is 8.25. The Morgan fingerprint density at radius 1 is 0.882 bits per heavy atom. The summed E-state index contributed by atoms with van der Waals surface area (Å²) in [5.74, 6) is 3.01. The lowest BCUT2D eigenvalue weighted by atomic mass is 9.56. The SMILES string of the molecule is CCO[Si](OCC)C12CC3CC(CC(C3)C1)C2. The molecule has 0 atom stereocenters. The average Bonchev–Trinajstić information content (AvgIpc) is 2.27. The summed E-state index contributed by atoms with van der Waals surface area (Å²) in [6.45, 7) is 5.89. The lowest BCUT2D eigenvalue weighted by molar-refractivity contribution is 0.00495. The smallest absolute Gasteiger partial charge is 0.391 e. The molecule has 0 aromatic heterocycles. The molecule has 0 aromatic carbocycles. The standard InChI is InChI=1S/C14H25O2Si/c1-3-15-17(16-4-2)14-8-11-5-12(9-14)7-13(6-11)10-14/h11-13H,3-10H2,1-2H3. The summed E-state index contributed by atoms with van der Waals surface area (Å²) in [6.07, 6.45) is 8.75. The zero-order valence-electron chi connectivity index (χ0n) is 11.2. The van der Waals surface area contributed by atoms with Crippen molar-refractivity contribution < 1.29 is 8.85 Å². The van der Waals surface area contributed by atoms with Crippen molar-refractivity contribution in [3.05, 3.63) is 0 Å². The third-order valence-electron chi connectivity index (χ3n) is 5.02. The van der Waals surface area contributed by atoms with Gasteiger partial charge >= 0.3 is 9.28 Å². The Bertz CT molecular complexity index is 238. The van der Waals surface area contributed by atoms with Crippen LogP contribution in [0.1, 0.15) is 52.4 Å². The van der Waals surface area contributed by atoms with Crippen molar-refractivity contribution in [2.45, 2.75) is 57.4 Å². The Morgan fingerprint density at radius 2 is 1.29 bits per heavy atom. The van der Waals surface area contributed by atoms with E-state index in [0.717, 1.165) is 31.0 Å². The molecule has 0 aromatic rings. The fourth-order valence-electron chi connectivity index (χ4n) is 4.97. The molecule has 0 saturated heterocycles. The molecule has 4 fully saturated rings. The van der Waals surface area contributed by atoms with Crippen molar-refractivity contribution in [3.63, 3.8) is 0 Å². The van der Waals surface area contributed by atoms with Gasteiger partial charge in [0.05, 0.1) is 0 Å². The highest BCUT2D eigenvalue weighted by Crippen LogP contribution is 2.65. The lowest BCUT2D eigenvalue weighted by Crippen LogP contribution is -2.51. The van der Waals surface area contributed by atoms with E-state index in [1.807, 2.05) is 0 Å². The second-order valence-electron chi connectivity index (χ2n) is 6.35. The molecule has 0 heterocycles. The molecule has 0 spiro atoms. The zero-order chi connectivity index (χ0) is 11.9. The number of hydrogen-bond donors (Lipinski definition) is 0. The van der Waals surface area contributed by atoms with Crippen LogP contribution in [-0.2, 0) is 8.85 Å². The van der Waals surface area contributed by atoms with Gasteiger partial charge in [0.1, 0.15) is 0 Å². The van der Waals surface area contributed by atoms with Crippen LogP contribution in [0.15, 0.2) is 0 Å². The molecule has 3 heteroatoms. The Kier molecular flexibility index (Phi) is 3.35. The van der Waals surface area contributed by atoms with Gasteiger partial charge in [0.25, 0.3) is 0 Å². The number of rotatable bonds is 5. The summed E-state index contributed by atoms with van der Waals surface area (Å²) in [5, 5.41) is 0.478. The molecule has 4 aliphatic carbocycles. The predicted octanol–water partition coefficient (Wildman–Crippen LogP) is 3.52. The molecule has 0 unspecified atom stereocenters. The van der Waals surface area contributed by atoms with Gasteiger partial charge in [-0.15, -0.1) is 0 Å². The molecule has 17 heavy (non-hydrogen) atoms. The van der Waals surface area contributed by atoms with E-state index in [1.165, 1.54) is 38.5 Å². The van der Waals surface area contributed by atoms with Gasteiger partial charge in [0.15, 0.2) is 0 Å². The van der Waals surface area contributed by atoms with Gasteiger partial charge in [-0.2, -0.15) is 0 Å². The van der Waals surface area contributed by atoms with E-state index >= 15 is 0 Å². The van der Waals surface area contributed by atoms with Crippen LogP contribution >= 0.6 is 0 Å². The van der Waals surface area contributed by atoms with E-state index in [1.54, 1.807) is 0 Å². The zero-order valence-corrected chi connectivity index (χ0v) is 12.2. The van der Waals surface area contributed by atoms with Gasteiger partial charge in [0.2, 0.25) is 0 Å². The molecule has 4 aliphatic rings. The maximum Gasteiger partial charge on any atom is 0.391 e. The molecule has 4 rings (SSSR count). The fourth-order valence-corrected chi connectivity index (χ4v) is 7.56. The molecule has 1 radical (unpaired) electrons. The first-order valence-corrected chi connectivity index (χ1v) is 8.70. The Morgan fingerprint density at radius 3 is 1.65 bits per heavy atom. The Labute approximate surface area is 107 Å². The van der Waals surface area contributed by atoms with E-state index < -0.39 is 9.28 Å². The van der Waals surface area contributed by atoms with Gasteiger partial charge < -0.3 is 8.85 Å². The lowest BCUT2D eigenvalue weighted by Gasteiger charge is -2.57. The van der Waals surface area contributed by atoms with Crippen LogP contribution in [0, 0.1) is 17.8 Å². The van der Waals surface area contributed by atoms with Crippen molar-refractivity contribution in [3.8, 4) is 0 Å². The van der Waals surface area contributed by atoms with E-state index in [0.29, 0.717) is 5.04 Å². The van der Waals surface area contributed by atoms with E-state index in [9.17, 15) is 0 Å².